The van der Waals surface area contributed by atoms with Crippen molar-refractivity contribution in [1.82, 2.24) is 9.88 Å². The number of fused-ring (bicyclic) bond motifs is 1. The number of hydrogen-bond acceptors (Lipinski definition) is 6. The largest absolute Gasteiger partial charge is 0.507 e. The van der Waals surface area contributed by atoms with E-state index < -0.39 is 17.7 Å². The Morgan fingerprint density at radius 3 is 2.79 bits per heavy atom. The van der Waals surface area contributed by atoms with Gasteiger partial charge in [-0.1, -0.05) is 38.0 Å². The van der Waals surface area contributed by atoms with Crippen LogP contribution in [0.15, 0.2) is 72.6 Å². The second-order valence-electron chi connectivity index (χ2n) is 9.87. The Morgan fingerprint density at radius 2 is 2.00 bits per heavy atom. The number of aliphatic hydroxyl groups excluding tert-OH is 1. The first-order valence-electron chi connectivity index (χ1n) is 13.2. The van der Waals surface area contributed by atoms with E-state index in [-0.39, 0.29) is 24.0 Å². The van der Waals surface area contributed by atoms with Crippen molar-refractivity contribution in [3.8, 4) is 11.5 Å². The molecular weight excluding hydrogens is 480 g/mol. The molecule has 1 fully saturated rings. The van der Waals surface area contributed by atoms with Gasteiger partial charge in [-0.3, -0.25) is 14.6 Å². The highest BCUT2D eigenvalue weighted by molar-refractivity contribution is 6.46. The Hall–Kier alpha value is -4.13. The van der Waals surface area contributed by atoms with Crippen LogP contribution < -0.4 is 9.47 Å². The first-order valence-corrected chi connectivity index (χ1v) is 13.2. The molecule has 1 aromatic heterocycles. The van der Waals surface area contributed by atoms with E-state index in [0.29, 0.717) is 29.9 Å². The molecular formula is C31H32N2O5. The first kappa shape index (κ1) is 25.5. The van der Waals surface area contributed by atoms with Crippen LogP contribution in [-0.2, 0) is 22.6 Å². The summed E-state index contributed by atoms with van der Waals surface area (Å²) in [5, 5.41) is 11.5. The van der Waals surface area contributed by atoms with Gasteiger partial charge in [0.25, 0.3) is 11.7 Å². The van der Waals surface area contributed by atoms with E-state index in [1.54, 1.807) is 30.6 Å². The van der Waals surface area contributed by atoms with Crippen molar-refractivity contribution in [2.24, 2.45) is 0 Å². The van der Waals surface area contributed by atoms with E-state index in [1.165, 1.54) is 4.90 Å². The van der Waals surface area contributed by atoms with E-state index in [2.05, 4.69) is 11.9 Å². The number of ether oxygens (including phenoxy) is 2. The third-order valence-corrected chi connectivity index (χ3v) is 6.98. The third-order valence-electron chi connectivity index (χ3n) is 6.98. The molecule has 7 heteroatoms. The van der Waals surface area contributed by atoms with Gasteiger partial charge in [-0.2, -0.15) is 0 Å². The van der Waals surface area contributed by atoms with Crippen molar-refractivity contribution in [1.29, 1.82) is 0 Å². The average Bonchev–Trinajstić information content (AvgIpc) is 3.42. The van der Waals surface area contributed by atoms with Crippen LogP contribution in [0, 0.1) is 0 Å². The number of unbranched alkanes of at least 4 members (excludes halogenated alkanes) is 2. The van der Waals surface area contributed by atoms with Crippen molar-refractivity contribution in [3.05, 3.63) is 94.8 Å². The second-order valence-corrected chi connectivity index (χ2v) is 9.87. The number of ketones is 1. The summed E-state index contributed by atoms with van der Waals surface area (Å²) in [5.41, 5.74) is 2.99. The van der Waals surface area contributed by atoms with E-state index in [1.807, 2.05) is 43.3 Å². The minimum absolute atomic E-state index is 0.0486. The molecule has 1 amide bonds. The summed E-state index contributed by atoms with van der Waals surface area (Å²) >= 11 is 0. The Bertz CT molecular complexity index is 1370. The van der Waals surface area contributed by atoms with Gasteiger partial charge in [0.2, 0.25) is 0 Å². The zero-order valence-corrected chi connectivity index (χ0v) is 21.7. The van der Waals surface area contributed by atoms with Gasteiger partial charge in [-0.05, 0) is 66.4 Å². The smallest absolute Gasteiger partial charge is 0.295 e. The quantitative estimate of drug-likeness (QED) is 0.174. The van der Waals surface area contributed by atoms with Gasteiger partial charge >= 0.3 is 0 Å². The summed E-state index contributed by atoms with van der Waals surface area (Å²) < 4.78 is 11.8. The normalized spacial score (nSPS) is 19.9. The first-order chi connectivity index (χ1) is 18.5. The maximum absolute atomic E-state index is 13.4. The monoisotopic (exact) mass is 512 g/mol. The molecule has 196 valence electrons. The van der Waals surface area contributed by atoms with Gasteiger partial charge in [-0.15, -0.1) is 0 Å². The number of amides is 1. The molecule has 0 saturated carbocycles. The highest BCUT2D eigenvalue weighted by Crippen LogP contribution is 2.42. The van der Waals surface area contributed by atoms with Crippen LogP contribution in [0.1, 0.15) is 61.4 Å². The predicted molar refractivity (Wildman–Crippen MR) is 144 cm³/mol. The van der Waals surface area contributed by atoms with Crippen LogP contribution in [0.25, 0.3) is 5.76 Å². The number of benzene rings is 2. The molecule has 7 nitrogen and oxygen atoms in total. The highest BCUT2D eigenvalue weighted by atomic mass is 16.5. The SMILES string of the molecule is CCCCCOc1cccc(C2/C(=C(\O)c3ccc4c(c3)CC(C)O4)C(=O)C(=O)N2Cc2cccnc2)c1. The fraction of sp³-hybridized carbons (Fsp3) is 0.323. The van der Waals surface area contributed by atoms with Crippen molar-refractivity contribution in [3.63, 3.8) is 0 Å². The Labute approximate surface area is 222 Å². The van der Waals surface area contributed by atoms with E-state index in [4.69, 9.17) is 9.47 Å². The molecule has 1 saturated heterocycles. The maximum atomic E-state index is 13.4. The lowest BCUT2D eigenvalue weighted by atomic mass is 9.94. The van der Waals surface area contributed by atoms with E-state index >= 15 is 0 Å². The van der Waals surface area contributed by atoms with Gasteiger partial charge in [0.15, 0.2) is 0 Å². The minimum Gasteiger partial charge on any atom is -0.507 e. The number of carbonyl (C=O) groups is 2. The van der Waals surface area contributed by atoms with Crippen molar-refractivity contribution < 1.29 is 24.2 Å². The van der Waals surface area contributed by atoms with E-state index in [9.17, 15) is 14.7 Å². The van der Waals surface area contributed by atoms with Crippen LogP contribution in [0.2, 0.25) is 0 Å². The van der Waals surface area contributed by atoms with Gasteiger partial charge in [0.05, 0.1) is 18.2 Å². The molecule has 5 rings (SSSR count). The molecule has 2 unspecified atom stereocenters. The molecule has 3 heterocycles. The maximum Gasteiger partial charge on any atom is 0.295 e. The number of rotatable bonds is 9. The minimum atomic E-state index is -0.780. The zero-order valence-electron chi connectivity index (χ0n) is 21.7. The summed E-state index contributed by atoms with van der Waals surface area (Å²) in [6, 6.07) is 15.7. The topological polar surface area (TPSA) is 89.0 Å². The number of likely N-dealkylation sites (tertiary alicyclic amines) is 1. The molecule has 0 aliphatic carbocycles. The summed E-state index contributed by atoms with van der Waals surface area (Å²) in [5.74, 6) is -0.132. The molecule has 2 aliphatic rings. The molecule has 38 heavy (non-hydrogen) atoms. The molecule has 2 atom stereocenters. The molecule has 1 N–H and O–H groups in total. The van der Waals surface area contributed by atoms with Crippen LogP contribution >= 0.6 is 0 Å². The summed E-state index contributed by atoms with van der Waals surface area (Å²) in [7, 11) is 0. The zero-order chi connectivity index (χ0) is 26.6. The number of aliphatic hydroxyl groups is 1. The van der Waals surface area contributed by atoms with Crippen molar-refractivity contribution in [2.45, 2.75) is 58.2 Å². The predicted octanol–water partition coefficient (Wildman–Crippen LogP) is 5.60. The van der Waals surface area contributed by atoms with Gasteiger partial charge < -0.3 is 19.5 Å². The number of pyridine rings is 1. The lowest BCUT2D eigenvalue weighted by Crippen LogP contribution is -2.29. The van der Waals surface area contributed by atoms with Crippen LogP contribution in [0.5, 0.6) is 11.5 Å². The lowest BCUT2D eigenvalue weighted by Gasteiger charge is -2.25. The molecule has 3 aromatic rings. The van der Waals surface area contributed by atoms with Crippen LogP contribution in [0.3, 0.4) is 0 Å². The fourth-order valence-electron chi connectivity index (χ4n) is 5.12. The van der Waals surface area contributed by atoms with Gasteiger partial charge in [0.1, 0.15) is 23.4 Å². The highest BCUT2D eigenvalue weighted by Gasteiger charge is 2.46. The van der Waals surface area contributed by atoms with Crippen molar-refractivity contribution in [2.75, 3.05) is 6.61 Å². The average molecular weight is 513 g/mol. The number of hydrogen-bond donors (Lipinski definition) is 1. The number of nitrogens with zero attached hydrogens (tertiary/aromatic N) is 2. The standard InChI is InChI=1S/C31H32N2O5/c1-3-4-5-14-37-25-10-6-9-22(17-25)28-27(29(34)23-11-12-26-24(16-23)15-20(2)38-26)30(35)31(36)33(28)19-21-8-7-13-32-18-21/h6-13,16-18,20,28,34H,3-5,14-15,19H2,1-2H3/b29-27+. The second kappa shape index (κ2) is 11.1. The molecule has 0 radical (unpaired) electrons. The lowest BCUT2D eigenvalue weighted by molar-refractivity contribution is -0.140. The number of Topliss-reactive ketones (excluding diaryl/α,β-unsaturated/α-hetero) is 1. The summed E-state index contributed by atoms with van der Waals surface area (Å²) in [6.45, 7) is 4.89. The molecule has 0 spiro atoms. The van der Waals surface area contributed by atoms with Crippen molar-refractivity contribution >= 4 is 17.4 Å². The third kappa shape index (κ3) is 5.14. The number of aromatic nitrogens is 1. The summed E-state index contributed by atoms with van der Waals surface area (Å²) in [6.07, 6.45) is 7.22. The van der Waals surface area contributed by atoms with Gasteiger partial charge in [-0.25, -0.2) is 0 Å². The number of carbonyl (C=O) groups excluding carboxylic acids is 2. The van der Waals surface area contributed by atoms with Crippen LogP contribution in [-0.4, -0.2) is 39.4 Å². The Morgan fingerprint density at radius 1 is 1.13 bits per heavy atom. The Balaban J connectivity index is 1.56. The molecule has 0 bridgehead atoms. The fourth-order valence-corrected chi connectivity index (χ4v) is 5.12. The Kier molecular flexibility index (Phi) is 7.45. The molecule has 2 aromatic carbocycles. The molecule has 2 aliphatic heterocycles. The van der Waals surface area contributed by atoms with E-state index in [0.717, 1.165) is 36.1 Å². The van der Waals surface area contributed by atoms with Crippen LogP contribution in [0.4, 0.5) is 0 Å². The van der Waals surface area contributed by atoms with Gasteiger partial charge in [0, 0.05) is 30.9 Å². The summed E-state index contributed by atoms with van der Waals surface area (Å²) in [4.78, 5) is 32.5.